The molecule has 0 aromatic heterocycles. The number of carbonyl (C=O) groups excluding carboxylic acids is 2. The van der Waals surface area contributed by atoms with Crippen LogP contribution in [0.5, 0.6) is 0 Å². The Morgan fingerprint density at radius 3 is 2.76 bits per heavy atom. The lowest BCUT2D eigenvalue weighted by Crippen LogP contribution is -2.54. The van der Waals surface area contributed by atoms with E-state index in [0.717, 1.165) is 12.2 Å². The third-order valence-corrected chi connectivity index (χ3v) is 6.22. The van der Waals surface area contributed by atoms with Gasteiger partial charge in [0.1, 0.15) is 6.04 Å². The van der Waals surface area contributed by atoms with Gasteiger partial charge in [0, 0.05) is 6.04 Å². The van der Waals surface area contributed by atoms with Gasteiger partial charge in [-0.3, -0.25) is 9.59 Å². The molecule has 2 saturated heterocycles. The number of fused-ring (bicyclic) bond motifs is 1. The van der Waals surface area contributed by atoms with E-state index in [9.17, 15) is 9.59 Å². The zero-order valence-corrected chi connectivity index (χ0v) is 14.4. The van der Waals surface area contributed by atoms with Crippen LogP contribution in [0.3, 0.4) is 0 Å². The quantitative estimate of drug-likeness (QED) is 0.822. The molecule has 2 fully saturated rings. The molecule has 2 aliphatic heterocycles. The van der Waals surface area contributed by atoms with Crippen molar-refractivity contribution in [2.24, 2.45) is 5.41 Å². The summed E-state index contributed by atoms with van der Waals surface area (Å²) in [5.41, 5.74) is 0.136. The second-order valence-electron chi connectivity index (χ2n) is 6.80. The molecule has 2 rings (SSSR count). The first-order valence-electron chi connectivity index (χ1n) is 7.69. The van der Waals surface area contributed by atoms with Crippen LogP contribution in [0, 0.1) is 5.41 Å². The van der Waals surface area contributed by atoms with Crippen LogP contribution in [-0.4, -0.2) is 53.0 Å². The van der Waals surface area contributed by atoms with Crippen molar-refractivity contribution in [3.63, 3.8) is 0 Å². The predicted octanol–water partition coefficient (Wildman–Crippen LogP) is 1.19. The van der Waals surface area contributed by atoms with E-state index >= 15 is 0 Å². The number of likely N-dealkylation sites (N-methyl/N-ethyl adjacent to an activating group) is 1. The minimum Gasteiger partial charge on any atom is -0.343 e. The highest BCUT2D eigenvalue weighted by Gasteiger charge is 2.49. The molecule has 120 valence electrons. The monoisotopic (exact) mass is 313 g/mol. The zero-order chi connectivity index (χ0) is 15.8. The van der Waals surface area contributed by atoms with E-state index in [1.165, 1.54) is 0 Å². The predicted molar refractivity (Wildman–Crippen MR) is 86.0 cm³/mol. The summed E-state index contributed by atoms with van der Waals surface area (Å²) < 4.78 is 0. The Morgan fingerprint density at radius 2 is 2.14 bits per heavy atom. The maximum Gasteiger partial charge on any atom is 0.246 e. The number of thioether (sulfide) groups is 1. The highest BCUT2D eigenvalue weighted by Crippen LogP contribution is 2.45. The number of carbonyl (C=O) groups is 2. The topological polar surface area (TPSA) is 61.4 Å². The highest BCUT2D eigenvalue weighted by molar-refractivity contribution is 7.99. The van der Waals surface area contributed by atoms with Crippen molar-refractivity contribution in [3.05, 3.63) is 0 Å². The molecular weight excluding hydrogens is 286 g/mol. The Morgan fingerprint density at radius 1 is 1.48 bits per heavy atom. The molecule has 1 unspecified atom stereocenters. The molecule has 0 spiro atoms. The molecule has 0 saturated carbocycles. The van der Waals surface area contributed by atoms with E-state index < -0.39 is 0 Å². The Bertz CT molecular complexity index is 427. The zero-order valence-electron chi connectivity index (χ0n) is 13.6. The molecule has 2 amide bonds. The number of nitrogens with one attached hydrogen (secondary N) is 2. The van der Waals surface area contributed by atoms with Crippen molar-refractivity contribution in [3.8, 4) is 0 Å². The smallest absolute Gasteiger partial charge is 0.246 e. The lowest BCUT2D eigenvalue weighted by atomic mass is 9.86. The molecule has 0 radical (unpaired) electrons. The van der Waals surface area contributed by atoms with Gasteiger partial charge in [0.05, 0.1) is 11.4 Å². The third-order valence-electron chi connectivity index (χ3n) is 4.97. The molecule has 2 N–H and O–H groups in total. The molecule has 21 heavy (non-hydrogen) atoms. The number of amides is 2. The second-order valence-corrected chi connectivity index (χ2v) is 8.09. The van der Waals surface area contributed by atoms with Crippen molar-refractivity contribution in [1.29, 1.82) is 0 Å². The molecule has 6 heteroatoms. The SMILES string of the molecule is CN[C@@H](C)C(=O)N[C@H]1CCS[C@H]2CC(C)(C)C(C)N2C1=O. The third kappa shape index (κ3) is 3.21. The molecule has 5 nitrogen and oxygen atoms in total. The van der Waals surface area contributed by atoms with Gasteiger partial charge in [-0.05, 0) is 44.9 Å². The van der Waals surface area contributed by atoms with Gasteiger partial charge in [0.25, 0.3) is 0 Å². The van der Waals surface area contributed by atoms with Gasteiger partial charge in [-0.2, -0.15) is 0 Å². The summed E-state index contributed by atoms with van der Waals surface area (Å²) in [6, 6.07) is -0.458. The van der Waals surface area contributed by atoms with Gasteiger partial charge < -0.3 is 15.5 Å². The Kier molecular flexibility index (Phi) is 4.88. The highest BCUT2D eigenvalue weighted by atomic mass is 32.2. The average Bonchev–Trinajstić information content (AvgIpc) is 2.55. The van der Waals surface area contributed by atoms with E-state index in [0.29, 0.717) is 6.42 Å². The Hall–Kier alpha value is -0.750. The van der Waals surface area contributed by atoms with Crippen LogP contribution < -0.4 is 10.6 Å². The maximum atomic E-state index is 12.8. The van der Waals surface area contributed by atoms with Crippen molar-refractivity contribution in [1.82, 2.24) is 15.5 Å². The molecular formula is C15H27N3O2S. The molecule has 0 bridgehead atoms. The number of rotatable bonds is 3. The number of hydrogen-bond donors (Lipinski definition) is 2. The van der Waals surface area contributed by atoms with Crippen LogP contribution >= 0.6 is 11.8 Å². The first-order valence-corrected chi connectivity index (χ1v) is 8.74. The summed E-state index contributed by atoms with van der Waals surface area (Å²) >= 11 is 1.85. The summed E-state index contributed by atoms with van der Waals surface area (Å²) in [5.74, 6) is 0.888. The molecule has 2 aliphatic rings. The van der Waals surface area contributed by atoms with Crippen molar-refractivity contribution in [2.45, 2.75) is 64.0 Å². The first-order chi connectivity index (χ1) is 9.77. The lowest BCUT2D eigenvalue weighted by Gasteiger charge is -2.32. The van der Waals surface area contributed by atoms with Gasteiger partial charge >= 0.3 is 0 Å². The molecule has 0 aromatic rings. The molecule has 2 heterocycles. The summed E-state index contributed by atoms with van der Waals surface area (Å²) in [5, 5.41) is 6.08. The summed E-state index contributed by atoms with van der Waals surface area (Å²) in [6.07, 6.45) is 1.74. The maximum absolute atomic E-state index is 12.8. The fourth-order valence-corrected chi connectivity index (χ4v) is 4.64. The van der Waals surface area contributed by atoms with Crippen LogP contribution in [0.4, 0.5) is 0 Å². The van der Waals surface area contributed by atoms with E-state index in [1.54, 1.807) is 14.0 Å². The molecule has 0 aromatic carbocycles. The average molecular weight is 313 g/mol. The minimum atomic E-state index is -0.387. The Labute approximate surface area is 131 Å². The second kappa shape index (κ2) is 6.16. The molecule has 0 aliphatic carbocycles. The van der Waals surface area contributed by atoms with Gasteiger partial charge in [-0.25, -0.2) is 0 Å². The van der Waals surface area contributed by atoms with Crippen LogP contribution in [0.2, 0.25) is 0 Å². The van der Waals surface area contributed by atoms with Crippen molar-refractivity contribution < 1.29 is 9.59 Å². The fourth-order valence-electron chi connectivity index (χ4n) is 3.00. The standard InChI is InChI=1S/C15H27N3O2S/c1-9(16-5)13(19)17-11-6-7-21-12-8-15(3,4)10(2)18(12)14(11)20/h9-12,16H,6-8H2,1-5H3,(H,17,19)/t9-,10?,11-,12-/m0/s1. The summed E-state index contributed by atoms with van der Waals surface area (Å²) in [4.78, 5) is 26.9. The van der Waals surface area contributed by atoms with Crippen LogP contribution in [0.1, 0.15) is 40.5 Å². The van der Waals surface area contributed by atoms with Crippen LogP contribution in [0.15, 0.2) is 0 Å². The van der Waals surface area contributed by atoms with E-state index in [1.807, 2.05) is 16.7 Å². The molecule has 4 atom stereocenters. The van der Waals surface area contributed by atoms with Gasteiger partial charge in [0.15, 0.2) is 0 Å². The first kappa shape index (κ1) is 16.6. The number of nitrogens with zero attached hydrogens (tertiary/aromatic N) is 1. The van der Waals surface area contributed by atoms with Crippen molar-refractivity contribution >= 4 is 23.6 Å². The minimum absolute atomic E-state index is 0.0831. The summed E-state index contributed by atoms with van der Waals surface area (Å²) in [7, 11) is 1.75. The van der Waals surface area contributed by atoms with E-state index in [4.69, 9.17) is 0 Å². The van der Waals surface area contributed by atoms with Crippen molar-refractivity contribution in [2.75, 3.05) is 12.8 Å². The van der Waals surface area contributed by atoms with Crippen LogP contribution in [0.25, 0.3) is 0 Å². The lowest BCUT2D eigenvalue weighted by molar-refractivity contribution is -0.138. The van der Waals surface area contributed by atoms with E-state index in [-0.39, 0.29) is 40.7 Å². The number of hydrogen-bond acceptors (Lipinski definition) is 4. The Balaban J connectivity index is 2.12. The van der Waals surface area contributed by atoms with Gasteiger partial charge in [-0.1, -0.05) is 13.8 Å². The largest absolute Gasteiger partial charge is 0.343 e. The summed E-state index contributed by atoms with van der Waals surface area (Å²) in [6.45, 7) is 8.36. The van der Waals surface area contributed by atoms with Gasteiger partial charge in [-0.15, -0.1) is 11.8 Å². The van der Waals surface area contributed by atoms with Crippen LogP contribution in [-0.2, 0) is 9.59 Å². The normalized spacial score (nSPS) is 33.3. The van der Waals surface area contributed by atoms with Gasteiger partial charge in [0.2, 0.25) is 11.8 Å². The van der Waals surface area contributed by atoms with E-state index in [2.05, 4.69) is 31.4 Å². The fraction of sp³-hybridized carbons (Fsp3) is 0.867.